The van der Waals surface area contributed by atoms with Gasteiger partial charge in [-0.15, -0.1) is 0 Å². The summed E-state index contributed by atoms with van der Waals surface area (Å²) in [5.41, 5.74) is 1.93. The van der Waals surface area contributed by atoms with Crippen molar-refractivity contribution in [3.05, 3.63) is 53.4 Å². The van der Waals surface area contributed by atoms with Gasteiger partial charge in [-0.25, -0.2) is 9.37 Å². The number of hydrogen-bond donors (Lipinski definition) is 1. The number of nitrogens with zero attached hydrogens (tertiary/aromatic N) is 2. The third-order valence-corrected chi connectivity index (χ3v) is 2.54. The summed E-state index contributed by atoms with van der Waals surface area (Å²) >= 11 is 0. The predicted molar refractivity (Wildman–Crippen MR) is 58.4 cm³/mol. The Balaban J connectivity index is 2.40. The van der Waals surface area contributed by atoms with Crippen molar-refractivity contribution in [3.63, 3.8) is 0 Å². The van der Waals surface area contributed by atoms with E-state index in [1.807, 2.05) is 14.0 Å². The lowest BCUT2D eigenvalue weighted by Gasteiger charge is -2.11. The van der Waals surface area contributed by atoms with Gasteiger partial charge in [-0.05, 0) is 30.2 Å². The molecule has 0 aliphatic carbocycles. The molecule has 4 heteroatoms. The van der Waals surface area contributed by atoms with Crippen LogP contribution in [-0.4, -0.2) is 14.7 Å². The maximum absolute atomic E-state index is 13.1. The summed E-state index contributed by atoms with van der Waals surface area (Å²) < 4.78 is 14.8. The number of aliphatic hydroxyl groups is 1. The number of benzene rings is 1. The van der Waals surface area contributed by atoms with E-state index in [4.69, 9.17) is 0 Å². The highest BCUT2D eigenvalue weighted by molar-refractivity contribution is 5.32. The Morgan fingerprint density at radius 1 is 1.44 bits per heavy atom. The molecule has 0 saturated heterocycles. The Hall–Kier alpha value is -1.68. The Kier molecular flexibility index (Phi) is 2.75. The molecule has 1 aromatic carbocycles. The van der Waals surface area contributed by atoms with E-state index >= 15 is 0 Å². The molecule has 2 aromatic rings. The molecule has 16 heavy (non-hydrogen) atoms. The third-order valence-electron chi connectivity index (χ3n) is 2.54. The lowest BCUT2D eigenvalue weighted by atomic mass is 10.0. The first-order chi connectivity index (χ1) is 7.58. The van der Waals surface area contributed by atoms with Crippen LogP contribution in [-0.2, 0) is 7.05 Å². The number of imidazole rings is 1. The summed E-state index contributed by atoms with van der Waals surface area (Å²) in [7, 11) is 1.82. The highest BCUT2D eigenvalue weighted by Gasteiger charge is 2.15. The second-order valence-corrected chi connectivity index (χ2v) is 3.87. The van der Waals surface area contributed by atoms with Crippen molar-refractivity contribution in [1.82, 2.24) is 9.55 Å². The quantitative estimate of drug-likeness (QED) is 0.840. The monoisotopic (exact) mass is 220 g/mol. The molecular formula is C12H13FN2O. The zero-order valence-corrected chi connectivity index (χ0v) is 9.18. The van der Waals surface area contributed by atoms with Gasteiger partial charge in [0.2, 0.25) is 0 Å². The summed E-state index contributed by atoms with van der Waals surface area (Å²) in [5, 5.41) is 10.1. The molecule has 0 saturated carbocycles. The topological polar surface area (TPSA) is 38.0 Å². The molecule has 0 aliphatic heterocycles. The minimum Gasteiger partial charge on any atom is -0.382 e. The maximum Gasteiger partial charge on any atom is 0.123 e. The minimum absolute atomic E-state index is 0.351. The van der Waals surface area contributed by atoms with Crippen LogP contribution in [0.5, 0.6) is 0 Å². The first-order valence-electron chi connectivity index (χ1n) is 5.00. The summed E-state index contributed by atoms with van der Waals surface area (Å²) in [5.74, 6) is -0.351. The molecule has 2 rings (SSSR count). The summed E-state index contributed by atoms with van der Waals surface area (Å²) in [6.45, 7) is 1.83. The van der Waals surface area contributed by atoms with Crippen LogP contribution in [0.3, 0.4) is 0 Å². The predicted octanol–water partition coefficient (Wildman–Crippen LogP) is 1.95. The van der Waals surface area contributed by atoms with Crippen molar-refractivity contribution < 1.29 is 9.50 Å². The van der Waals surface area contributed by atoms with Gasteiger partial charge in [-0.3, -0.25) is 0 Å². The van der Waals surface area contributed by atoms with Crippen molar-refractivity contribution >= 4 is 0 Å². The molecule has 84 valence electrons. The van der Waals surface area contributed by atoms with E-state index in [0.717, 1.165) is 5.56 Å². The lowest BCUT2D eigenvalue weighted by molar-refractivity contribution is 0.214. The Labute approximate surface area is 93.2 Å². The molecule has 0 bridgehead atoms. The van der Waals surface area contributed by atoms with Crippen molar-refractivity contribution in [2.75, 3.05) is 0 Å². The third kappa shape index (κ3) is 1.97. The molecule has 1 unspecified atom stereocenters. The second kappa shape index (κ2) is 4.06. The number of halogens is 1. The Bertz CT molecular complexity index is 507. The van der Waals surface area contributed by atoms with E-state index in [9.17, 15) is 9.50 Å². The van der Waals surface area contributed by atoms with Gasteiger partial charge < -0.3 is 9.67 Å². The van der Waals surface area contributed by atoms with Crippen LogP contribution >= 0.6 is 0 Å². The standard InChI is InChI=1S/C12H13FN2O/c1-8-3-4-9(13)5-10(8)12(16)11-6-15(2)7-14-11/h3-7,12,16H,1-2H3. The van der Waals surface area contributed by atoms with Gasteiger partial charge in [0.15, 0.2) is 0 Å². The summed E-state index contributed by atoms with van der Waals surface area (Å²) in [6.07, 6.45) is 2.44. The van der Waals surface area contributed by atoms with Crippen LogP contribution in [0.25, 0.3) is 0 Å². The van der Waals surface area contributed by atoms with E-state index in [0.29, 0.717) is 11.3 Å². The van der Waals surface area contributed by atoms with E-state index in [1.165, 1.54) is 12.1 Å². The number of aliphatic hydroxyl groups excluding tert-OH is 1. The molecule has 1 N–H and O–H groups in total. The molecule has 1 aromatic heterocycles. The number of hydrogen-bond acceptors (Lipinski definition) is 2. The van der Waals surface area contributed by atoms with Crippen LogP contribution in [0, 0.1) is 12.7 Å². The molecule has 0 aliphatic rings. The average Bonchev–Trinajstić information content (AvgIpc) is 2.67. The van der Waals surface area contributed by atoms with Crippen molar-refractivity contribution in [2.45, 2.75) is 13.0 Å². The molecular weight excluding hydrogens is 207 g/mol. The van der Waals surface area contributed by atoms with Crippen LogP contribution in [0.4, 0.5) is 4.39 Å². The molecule has 0 radical (unpaired) electrons. The zero-order valence-electron chi connectivity index (χ0n) is 9.18. The highest BCUT2D eigenvalue weighted by Crippen LogP contribution is 2.23. The van der Waals surface area contributed by atoms with Gasteiger partial charge >= 0.3 is 0 Å². The first kappa shape index (κ1) is 10.8. The normalized spacial score (nSPS) is 12.8. The van der Waals surface area contributed by atoms with Crippen LogP contribution in [0.1, 0.15) is 22.9 Å². The number of rotatable bonds is 2. The van der Waals surface area contributed by atoms with Crippen molar-refractivity contribution in [1.29, 1.82) is 0 Å². The summed E-state index contributed by atoms with van der Waals surface area (Å²) in [4.78, 5) is 4.05. The molecule has 0 fully saturated rings. The van der Waals surface area contributed by atoms with Gasteiger partial charge in [-0.1, -0.05) is 6.07 Å². The van der Waals surface area contributed by atoms with Crippen LogP contribution in [0.2, 0.25) is 0 Å². The zero-order chi connectivity index (χ0) is 11.7. The van der Waals surface area contributed by atoms with E-state index < -0.39 is 6.10 Å². The van der Waals surface area contributed by atoms with Crippen LogP contribution in [0.15, 0.2) is 30.7 Å². The fraction of sp³-hybridized carbons (Fsp3) is 0.250. The molecule has 3 nitrogen and oxygen atoms in total. The first-order valence-corrected chi connectivity index (χ1v) is 5.00. The average molecular weight is 220 g/mol. The van der Waals surface area contributed by atoms with E-state index in [-0.39, 0.29) is 5.82 Å². The highest BCUT2D eigenvalue weighted by atomic mass is 19.1. The van der Waals surface area contributed by atoms with Gasteiger partial charge in [0.1, 0.15) is 11.9 Å². The lowest BCUT2D eigenvalue weighted by Crippen LogP contribution is -2.03. The smallest absolute Gasteiger partial charge is 0.123 e. The van der Waals surface area contributed by atoms with Gasteiger partial charge in [-0.2, -0.15) is 0 Å². The Morgan fingerprint density at radius 3 is 2.81 bits per heavy atom. The van der Waals surface area contributed by atoms with E-state index in [2.05, 4.69) is 4.98 Å². The minimum atomic E-state index is -0.878. The Morgan fingerprint density at radius 2 is 2.19 bits per heavy atom. The van der Waals surface area contributed by atoms with Crippen molar-refractivity contribution in [2.24, 2.45) is 7.05 Å². The number of aryl methyl sites for hydroxylation is 2. The van der Waals surface area contributed by atoms with Gasteiger partial charge in [0.05, 0.1) is 12.0 Å². The molecule has 1 heterocycles. The molecule has 0 amide bonds. The molecule has 1 atom stereocenters. The SMILES string of the molecule is Cc1ccc(F)cc1C(O)c1cn(C)cn1. The van der Waals surface area contributed by atoms with Crippen molar-refractivity contribution in [3.8, 4) is 0 Å². The molecule has 0 spiro atoms. The second-order valence-electron chi connectivity index (χ2n) is 3.87. The van der Waals surface area contributed by atoms with Gasteiger partial charge in [0.25, 0.3) is 0 Å². The fourth-order valence-corrected chi connectivity index (χ4v) is 1.64. The summed E-state index contributed by atoms with van der Waals surface area (Å²) in [6, 6.07) is 4.37. The van der Waals surface area contributed by atoms with Gasteiger partial charge in [0, 0.05) is 13.2 Å². The number of aromatic nitrogens is 2. The fourth-order valence-electron chi connectivity index (χ4n) is 1.64. The van der Waals surface area contributed by atoms with E-state index in [1.54, 1.807) is 23.2 Å². The maximum atomic E-state index is 13.1. The largest absolute Gasteiger partial charge is 0.382 e. The van der Waals surface area contributed by atoms with Crippen LogP contribution < -0.4 is 0 Å².